The summed E-state index contributed by atoms with van der Waals surface area (Å²) in [5.74, 6) is 0.914. The molecule has 1 atom stereocenters. The number of nitrogens with zero attached hydrogens (tertiary/aromatic N) is 1. The van der Waals surface area contributed by atoms with E-state index >= 15 is 0 Å². The van der Waals surface area contributed by atoms with Crippen LogP contribution in [0.3, 0.4) is 0 Å². The Morgan fingerprint density at radius 3 is 2.93 bits per heavy atom. The number of ether oxygens (including phenoxy) is 2. The van der Waals surface area contributed by atoms with Crippen molar-refractivity contribution in [1.82, 2.24) is 0 Å². The fourth-order valence-electron chi connectivity index (χ4n) is 1.58. The summed E-state index contributed by atoms with van der Waals surface area (Å²) in [4.78, 5) is 4.21. The lowest BCUT2D eigenvalue weighted by molar-refractivity contribution is 0.330. The molecule has 0 bridgehead atoms. The maximum absolute atomic E-state index is 5.19. The largest absolute Gasteiger partial charge is 0.496 e. The van der Waals surface area contributed by atoms with Crippen molar-refractivity contribution in [3.05, 3.63) is 29.3 Å². The van der Waals surface area contributed by atoms with Crippen molar-refractivity contribution in [1.29, 1.82) is 0 Å². The highest BCUT2D eigenvalue weighted by atomic mass is 16.5. The molecule has 0 amide bonds. The minimum absolute atomic E-state index is 0.152. The fourth-order valence-corrected chi connectivity index (χ4v) is 1.58. The third kappa shape index (κ3) is 1.58. The summed E-state index contributed by atoms with van der Waals surface area (Å²) in [5, 5.41) is 0. The smallest absolute Gasteiger partial charge is 0.170 e. The number of rotatable bonds is 2. The number of aliphatic imine (C=N–C) groups is 1. The van der Waals surface area contributed by atoms with E-state index in [0.717, 1.165) is 11.3 Å². The molecule has 1 aromatic carbocycles. The van der Waals surface area contributed by atoms with Gasteiger partial charge in [0.05, 0.1) is 7.11 Å². The van der Waals surface area contributed by atoms with E-state index < -0.39 is 0 Å². The van der Waals surface area contributed by atoms with Gasteiger partial charge in [0.25, 0.3) is 0 Å². The molecule has 0 aliphatic carbocycles. The van der Waals surface area contributed by atoms with Gasteiger partial charge in [-0.3, -0.25) is 0 Å². The number of benzene rings is 1. The summed E-state index contributed by atoms with van der Waals surface area (Å²) in [6.45, 7) is 2.67. The molecular formula is C11H13NO2. The molecule has 1 aliphatic heterocycles. The third-order valence-electron chi connectivity index (χ3n) is 2.37. The fraction of sp³-hybridized carbons (Fsp3) is 0.364. The SMILES string of the molecule is COc1ccc(C2COC=N2)cc1C. The van der Waals surface area contributed by atoms with Gasteiger partial charge in [-0.1, -0.05) is 12.1 Å². The van der Waals surface area contributed by atoms with Crippen molar-refractivity contribution in [2.24, 2.45) is 4.99 Å². The molecule has 0 saturated heterocycles. The highest BCUT2D eigenvalue weighted by molar-refractivity contribution is 5.50. The van der Waals surface area contributed by atoms with Gasteiger partial charge in [-0.15, -0.1) is 0 Å². The average molecular weight is 191 g/mol. The minimum Gasteiger partial charge on any atom is -0.496 e. The summed E-state index contributed by atoms with van der Waals surface area (Å²) in [6, 6.07) is 6.25. The molecule has 0 spiro atoms. The molecule has 0 aromatic heterocycles. The summed E-state index contributed by atoms with van der Waals surface area (Å²) < 4.78 is 10.3. The normalized spacial score (nSPS) is 19.4. The summed E-state index contributed by atoms with van der Waals surface area (Å²) in [5.41, 5.74) is 2.31. The van der Waals surface area contributed by atoms with Crippen molar-refractivity contribution >= 4 is 6.40 Å². The maximum atomic E-state index is 5.19. The van der Waals surface area contributed by atoms with Gasteiger partial charge in [-0.2, -0.15) is 0 Å². The second-order valence-corrected chi connectivity index (χ2v) is 3.33. The standard InChI is InChI=1S/C11H13NO2/c1-8-5-9(3-4-11(8)13-2)10-6-14-7-12-10/h3-5,7,10H,6H2,1-2H3. The first-order valence-corrected chi connectivity index (χ1v) is 4.59. The van der Waals surface area contributed by atoms with Crippen LogP contribution in [-0.4, -0.2) is 20.1 Å². The Morgan fingerprint density at radius 1 is 1.50 bits per heavy atom. The van der Waals surface area contributed by atoms with E-state index in [1.165, 1.54) is 12.0 Å². The summed E-state index contributed by atoms with van der Waals surface area (Å²) >= 11 is 0. The molecule has 3 nitrogen and oxygen atoms in total. The van der Waals surface area contributed by atoms with Crippen LogP contribution in [0.5, 0.6) is 5.75 Å². The lowest BCUT2D eigenvalue weighted by Crippen LogP contribution is -1.98. The van der Waals surface area contributed by atoms with Crippen LogP contribution in [0.2, 0.25) is 0 Å². The van der Waals surface area contributed by atoms with E-state index in [1.807, 2.05) is 19.1 Å². The molecule has 0 fully saturated rings. The Hall–Kier alpha value is -1.51. The monoisotopic (exact) mass is 191 g/mol. The number of aryl methyl sites for hydroxylation is 1. The van der Waals surface area contributed by atoms with E-state index in [9.17, 15) is 0 Å². The zero-order valence-corrected chi connectivity index (χ0v) is 8.36. The highest BCUT2D eigenvalue weighted by Gasteiger charge is 2.14. The van der Waals surface area contributed by atoms with Crippen molar-refractivity contribution < 1.29 is 9.47 Å². The maximum Gasteiger partial charge on any atom is 0.170 e. The van der Waals surface area contributed by atoms with Crippen LogP contribution in [0, 0.1) is 6.92 Å². The van der Waals surface area contributed by atoms with Gasteiger partial charge >= 0.3 is 0 Å². The Bertz CT molecular complexity index is 360. The summed E-state index contributed by atoms with van der Waals surface area (Å²) in [6.07, 6.45) is 1.52. The Labute approximate surface area is 83.4 Å². The van der Waals surface area contributed by atoms with Crippen LogP contribution < -0.4 is 4.74 Å². The van der Waals surface area contributed by atoms with E-state index in [2.05, 4.69) is 11.1 Å². The topological polar surface area (TPSA) is 30.8 Å². The minimum atomic E-state index is 0.152. The first-order chi connectivity index (χ1) is 6.81. The van der Waals surface area contributed by atoms with Crippen LogP contribution in [0.1, 0.15) is 17.2 Å². The summed E-state index contributed by atoms with van der Waals surface area (Å²) in [7, 11) is 1.68. The molecule has 1 aliphatic rings. The van der Waals surface area contributed by atoms with Gasteiger partial charge in [0.15, 0.2) is 6.40 Å². The number of methoxy groups -OCH3 is 1. The molecule has 0 radical (unpaired) electrons. The van der Waals surface area contributed by atoms with Crippen LogP contribution in [0.4, 0.5) is 0 Å². The van der Waals surface area contributed by atoms with Crippen molar-refractivity contribution in [3.63, 3.8) is 0 Å². The first-order valence-electron chi connectivity index (χ1n) is 4.59. The highest BCUT2D eigenvalue weighted by Crippen LogP contribution is 2.26. The lowest BCUT2D eigenvalue weighted by Gasteiger charge is -2.09. The Kier molecular flexibility index (Phi) is 2.39. The van der Waals surface area contributed by atoms with Crippen LogP contribution in [0.25, 0.3) is 0 Å². The molecule has 0 saturated carbocycles. The third-order valence-corrected chi connectivity index (χ3v) is 2.37. The Balaban J connectivity index is 2.27. The van der Waals surface area contributed by atoms with E-state index in [0.29, 0.717) is 6.61 Å². The molecular weight excluding hydrogens is 178 g/mol. The van der Waals surface area contributed by atoms with Crippen LogP contribution in [-0.2, 0) is 4.74 Å². The van der Waals surface area contributed by atoms with Gasteiger partial charge in [-0.25, -0.2) is 4.99 Å². The second-order valence-electron chi connectivity index (χ2n) is 3.33. The van der Waals surface area contributed by atoms with Crippen LogP contribution in [0.15, 0.2) is 23.2 Å². The predicted molar refractivity (Wildman–Crippen MR) is 54.9 cm³/mol. The molecule has 1 heterocycles. The lowest BCUT2D eigenvalue weighted by atomic mass is 10.1. The molecule has 1 aromatic rings. The molecule has 3 heteroatoms. The zero-order valence-electron chi connectivity index (χ0n) is 8.36. The number of hydrogen-bond donors (Lipinski definition) is 0. The zero-order chi connectivity index (χ0) is 9.97. The van der Waals surface area contributed by atoms with E-state index in [1.54, 1.807) is 7.11 Å². The van der Waals surface area contributed by atoms with Crippen molar-refractivity contribution in [3.8, 4) is 5.75 Å². The second kappa shape index (κ2) is 3.70. The van der Waals surface area contributed by atoms with Crippen molar-refractivity contribution in [2.75, 3.05) is 13.7 Å². The first kappa shape index (κ1) is 9.06. The predicted octanol–water partition coefficient (Wildman–Crippen LogP) is 2.10. The molecule has 0 N–H and O–H groups in total. The van der Waals surface area contributed by atoms with Gasteiger partial charge in [0.1, 0.15) is 18.4 Å². The molecule has 74 valence electrons. The molecule has 2 rings (SSSR count). The van der Waals surface area contributed by atoms with Crippen LogP contribution >= 0.6 is 0 Å². The average Bonchev–Trinajstić information content (AvgIpc) is 2.70. The molecule has 14 heavy (non-hydrogen) atoms. The Morgan fingerprint density at radius 2 is 2.36 bits per heavy atom. The number of hydrogen-bond acceptors (Lipinski definition) is 3. The van der Waals surface area contributed by atoms with Crippen molar-refractivity contribution in [2.45, 2.75) is 13.0 Å². The quantitative estimate of drug-likeness (QED) is 0.716. The van der Waals surface area contributed by atoms with E-state index in [4.69, 9.17) is 9.47 Å². The van der Waals surface area contributed by atoms with Gasteiger partial charge in [0.2, 0.25) is 0 Å². The molecule has 1 unspecified atom stereocenters. The van der Waals surface area contributed by atoms with Gasteiger partial charge < -0.3 is 9.47 Å². The van der Waals surface area contributed by atoms with Gasteiger partial charge in [-0.05, 0) is 24.1 Å². The van der Waals surface area contributed by atoms with E-state index in [-0.39, 0.29) is 6.04 Å². The van der Waals surface area contributed by atoms with Gasteiger partial charge in [0, 0.05) is 0 Å².